The number of carbonyl (C=O) groups excluding carboxylic acids is 1. The molecule has 0 spiro atoms. The number of thiophene rings is 1. The van der Waals surface area contributed by atoms with Crippen molar-refractivity contribution in [1.82, 2.24) is 10.0 Å². The third-order valence-electron chi connectivity index (χ3n) is 2.08. The Morgan fingerprint density at radius 1 is 1.37 bits per heavy atom. The summed E-state index contributed by atoms with van der Waals surface area (Å²) in [7, 11) is -3.76. The van der Waals surface area contributed by atoms with Gasteiger partial charge in [0.1, 0.15) is 9.09 Å². The van der Waals surface area contributed by atoms with Crippen LogP contribution in [0.2, 0.25) is 0 Å². The summed E-state index contributed by atoms with van der Waals surface area (Å²) in [6.07, 6.45) is 0.0320. The number of carboxylic acid groups (broad SMARTS) is 1. The van der Waals surface area contributed by atoms with E-state index in [4.69, 9.17) is 5.11 Å². The van der Waals surface area contributed by atoms with Crippen molar-refractivity contribution >= 4 is 33.2 Å². The number of hydrogen-bond acceptors (Lipinski definition) is 5. The molecular weight excluding hydrogens is 292 g/mol. The summed E-state index contributed by atoms with van der Waals surface area (Å²) in [5.74, 6) is -1.42. The van der Waals surface area contributed by atoms with Gasteiger partial charge >= 0.3 is 5.97 Å². The molecule has 1 amide bonds. The van der Waals surface area contributed by atoms with Crippen LogP contribution in [0.5, 0.6) is 0 Å². The molecule has 0 bridgehead atoms. The maximum absolute atomic E-state index is 11.8. The monoisotopic (exact) mass is 306 g/mol. The summed E-state index contributed by atoms with van der Waals surface area (Å²) in [6, 6.07) is 2.45. The van der Waals surface area contributed by atoms with Gasteiger partial charge in [0.15, 0.2) is 0 Å². The Labute approximate surface area is 114 Å². The van der Waals surface area contributed by atoms with E-state index in [9.17, 15) is 18.0 Å². The molecule has 1 rings (SSSR count). The molecular formula is C10H14N2O5S2. The normalized spacial score (nSPS) is 11.2. The molecule has 0 aliphatic rings. The zero-order valence-electron chi connectivity index (χ0n) is 10.2. The predicted octanol–water partition coefficient (Wildman–Crippen LogP) is 0.251. The number of nitrogens with one attached hydrogen (secondary N) is 2. The number of rotatable bonds is 7. The van der Waals surface area contributed by atoms with Gasteiger partial charge in [-0.2, -0.15) is 0 Å². The van der Waals surface area contributed by atoms with E-state index in [1.807, 2.05) is 0 Å². The molecule has 3 N–H and O–H groups in total. The fourth-order valence-electron chi connectivity index (χ4n) is 1.24. The minimum absolute atomic E-state index is 0.0320. The smallest absolute Gasteiger partial charge is 0.345 e. The van der Waals surface area contributed by atoms with Gasteiger partial charge in [-0.05, 0) is 19.1 Å². The van der Waals surface area contributed by atoms with E-state index < -0.39 is 16.0 Å². The van der Waals surface area contributed by atoms with Gasteiger partial charge in [-0.25, -0.2) is 17.9 Å². The van der Waals surface area contributed by atoms with E-state index in [1.165, 1.54) is 12.1 Å². The summed E-state index contributed by atoms with van der Waals surface area (Å²) in [5, 5.41) is 11.3. The summed E-state index contributed by atoms with van der Waals surface area (Å²) in [4.78, 5) is 21.7. The van der Waals surface area contributed by atoms with Crippen LogP contribution in [0.15, 0.2) is 16.3 Å². The molecule has 0 atom stereocenters. The molecule has 106 valence electrons. The van der Waals surface area contributed by atoms with Gasteiger partial charge in [0, 0.05) is 19.5 Å². The molecule has 0 aromatic carbocycles. The van der Waals surface area contributed by atoms with Gasteiger partial charge in [-0.1, -0.05) is 0 Å². The summed E-state index contributed by atoms with van der Waals surface area (Å²) >= 11 is 0.666. The number of carbonyl (C=O) groups is 2. The van der Waals surface area contributed by atoms with Crippen molar-refractivity contribution in [1.29, 1.82) is 0 Å². The van der Waals surface area contributed by atoms with Crippen molar-refractivity contribution in [3.63, 3.8) is 0 Å². The van der Waals surface area contributed by atoms with Crippen molar-refractivity contribution in [3.8, 4) is 0 Å². The van der Waals surface area contributed by atoms with Crippen LogP contribution in [0.1, 0.15) is 23.0 Å². The average Bonchev–Trinajstić information content (AvgIpc) is 2.79. The van der Waals surface area contributed by atoms with Crippen LogP contribution in [0, 0.1) is 0 Å². The Morgan fingerprint density at radius 2 is 2.05 bits per heavy atom. The van der Waals surface area contributed by atoms with E-state index in [0.29, 0.717) is 17.9 Å². The van der Waals surface area contributed by atoms with E-state index in [-0.39, 0.29) is 28.0 Å². The van der Waals surface area contributed by atoms with Crippen molar-refractivity contribution in [2.45, 2.75) is 17.6 Å². The molecule has 9 heteroatoms. The Bertz CT molecular complexity index is 564. The Morgan fingerprint density at radius 3 is 2.58 bits per heavy atom. The molecule has 0 radical (unpaired) electrons. The van der Waals surface area contributed by atoms with Gasteiger partial charge in [-0.15, -0.1) is 11.3 Å². The molecule has 0 saturated carbocycles. The maximum Gasteiger partial charge on any atom is 0.345 e. The van der Waals surface area contributed by atoms with Crippen molar-refractivity contribution in [2.75, 3.05) is 13.1 Å². The van der Waals surface area contributed by atoms with E-state index >= 15 is 0 Å². The fraction of sp³-hybridized carbons (Fsp3) is 0.400. The standard InChI is InChI=1S/C10H14N2O5S2/c1-2-11-8(13)5-6-12-19(16,17)9-4-3-7(18-9)10(14)15/h3-4,12H,2,5-6H2,1H3,(H,11,13)(H,14,15). The highest BCUT2D eigenvalue weighted by Gasteiger charge is 2.18. The quantitative estimate of drug-likeness (QED) is 0.668. The Balaban J connectivity index is 2.60. The lowest BCUT2D eigenvalue weighted by Gasteiger charge is -2.04. The first-order valence-electron chi connectivity index (χ1n) is 5.46. The minimum Gasteiger partial charge on any atom is -0.477 e. The molecule has 19 heavy (non-hydrogen) atoms. The first-order valence-corrected chi connectivity index (χ1v) is 7.76. The molecule has 7 nitrogen and oxygen atoms in total. The van der Waals surface area contributed by atoms with E-state index in [1.54, 1.807) is 6.92 Å². The van der Waals surface area contributed by atoms with Gasteiger partial charge in [0.25, 0.3) is 0 Å². The van der Waals surface area contributed by atoms with Crippen molar-refractivity contribution in [3.05, 3.63) is 17.0 Å². The third-order valence-corrected chi connectivity index (χ3v) is 5.10. The molecule has 0 unspecified atom stereocenters. The highest BCUT2D eigenvalue weighted by Crippen LogP contribution is 2.21. The van der Waals surface area contributed by atoms with Crippen LogP contribution in [0.25, 0.3) is 0 Å². The van der Waals surface area contributed by atoms with Gasteiger partial charge in [0.05, 0.1) is 0 Å². The average molecular weight is 306 g/mol. The van der Waals surface area contributed by atoms with Gasteiger partial charge in [-0.3, -0.25) is 4.79 Å². The van der Waals surface area contributed by atoms with Crippen LogP contribution in [-0.2, 0) is 14.8 Å². The van der Waals surface area contributed by atoms with E-state index in [2.05, 4.69) is 10.0 Å². The number of sulfonamides is 1. The molecule has 0 aliphatic carbocycles. The third kappa shape index (κ3) is 4.62. The van der Waals surface area contributed by atoms with Crippen LogP contribution in [0.3, 0.4) is 0 Å². The van der Waals surface area contributed by atoms with Crippen LogP contribution in [0.4, 0.5) is 0 Å². The Hall–Kier alpha value is -1.45. The van der Waals surface area contributed by atoms with Crippen molar-refractivity contribution in [2.24, 2.45) is 0 Å². The SMILES string of the molecule is CCNC(=O)CCNS(=O)(=O)c1ccc(C(=O)O)s1. The molecule has 1 aromatic rings. The molecule has 0 aliphatic heterocycles. The van der Waals surface area contributed by atoms with Crippen LogP contribution < -0.4 is 10.0 Å². The molecule has 1 heterocycles. The minimum atomic E-state index is -3.76. The largest absolute Gasteiger partial charge is 0.477 e. The highest BCUT2D eigenvalue weighted by atomic mass is 32.2. The summed E-state index contributed by atoms with van der Waals surface area (Å²) in [6.45, 7) is 2.22. The number of amides is 1. The maximum atomic E-state index is 11.8. The van der Waals surface area contributed by atoms with Crippen LogP contribution in [-0.4, -0.2) is 38.5 Å². The second kappa shape index (κ2) is 6.64. The predicted molar refractivity (Wildman–Crippen MR) is 69.8 cm³/mol. The lowest BCUT2D eigenvalue weighted by Crippen LogP contribution is -2.30. The first kappa shape index (κ1) is 15.6. The Kier molecular flexibility index (Phi) is 5.45. The van der Waals surface area contributed by atoms with Crippen molar-refractivity contribution < 1.29 is 23.1 Å². The zero-order valence-corrected chi connectivity index (χ0v) is 11.8. The summed E-state index contributed by atoms with van der Waals surface area (Å²) in [5.41, 5.74) is 0. The number of aromatic carboxylic acids is 1. The van der Waals surface area contributed by atoms with E-state index in [0.717, 1.165) is 0 Å². The first-order chi connectivity index (χ1) is 8.86. The second-order valence-electron chi connectivity index (χ2n) is 3.53. The lowest BCUT2D eigenvalue weighted by atomic mass is 10.4. The summed E-state index contributed by atoms with van der Waals surface area (Å²) < 4.78 is 25.7. The molecule has 0 saturated heterocycles. The zero-order chi connectivity index (χ0) is 14.5. The number of hydrogen-bond donors (Lipinski definition) is 3. The fourth-order valence-corrected chi connectivity index (χ4v) is 3.46. The number of carboxylic acids is 1. The topological polar surface area (TPSA) is 113 Å². The molecule has 0 fully saturated rings. The highest BCUT2D eigenvalue weighted by molar-refractivity contribution is 7.91. The second-order valence-corrected chi connectivity index (χ2v) is 6.60. The van der Waals surface area contributed by atoms with Gasteiger partial charge in [0.2, 0.25) is 15.9 Å². The molecule has 1 aromatic heterocycles. The van der Waals surface area contributed by atoms with Gasteiger partial charge < -0.3 is 10.4 Å². The lowest BCUT2D eigenvalue weighted by molar-refractivity contribution is -0.120. The van der Waals surface area contributed by atoms with Crippen LogP contribution >= 0.6 is 11.3 Å².